The molecule has 3 saturated heterocycles. The molecule has 36 heavy (non-hydrogen) atoms. The topological polar surface area (TPSA) is 53.0 Å². The molecule has 0 radical (unpaired) electrons. The minimum atomic E-state index is -0.976. The Morgan fingerprint density at radius 2 is 1.94 bits per heavy atom. The minimum Gasteiger partial charge on any atom is -0.479 e. The van der Waals surface area contributed by atoms with Gasteiger partial charge >= 0.3 is 5.97 Å². The van der Waals surface area contributed by atoms with Crippen LogP contribution in [-0.2, 0) is 16.1 Å². The van der Waals surface area contributed by atoms with E-state index in [4.69, 9.17) is 27.9 Å². The van der Waals surface area contributed by atoms with Crippen LogP contribution in [0.25, 0.3) is 0 Å². The highest BCUT2D eigenvalue weighted by atomic mass is 35.5. The van der Waals surface area contributed by atoms with E-state index in [-0.39, 0.29) is 5.60 Å². The van der Waals surface area contributed by atoms with Crippen LogP contribution in [0.1, 0.15) is 62.5 Å². The van der Waals surface area contributed by atoms with E-state index in [1.54, 1.807) is 11.3 Å². The number of thiophene rings is 1. The number of aliphatic carboxylic acids is 1. The Morgan fingerprint density at radius 1 is 1.14 bits per heavy atom. The van der Waals surface area contributed by atoms with Gasteiger partial charge in [-0.25, -0.2) is 4.79 Å². The molecular weight excluding hydrogens is 515 g/mol. The summed E-state index contributed by atoms with van der Waals surface area (Å²) in [7, 11) is 0. The van der Waals surface area contributed by atoms with Gasteiger partial charge in [0, 0.05) is 55.2 Å². The second kappa shape index (κ2) is 10.9. The van der Waals surface area contributed by atoms with Gasteiger partial charge in [-0.15, -0.1) is 0 Å². The van der Waals surface area contributed by atoms with Crippen LogP contribution < -0.4 is 0 Å². The Balaban J connectivity index is 1.22. The van der Waals surface area contributed by atoms with E-state index in [0.717, 1.165) is 75.5 Å². The van der Waals surface area contributed by atoms with Crippen molar-refractivity contribution in [2.24, 2.45) is 5.92 Å². The molecule has 3 atom stereocenters. The second-order valence-electron chi connectivity index (χ2n) is 11.0. The molecule has 5 nitrogen and oxygen atoms in total. The maximum Gasteiger partial charge on any atom is 0.335 e. The van der Waals surface area contributed by atoms with Crippen molar-refractivity contribution >= 4 is 40.5 Å². The van der Waals surface area contributed by atoms with E-state index in [0.29, 0.717) is 29.7 Å². The van der Waals surface area contributed by atoms with Crippen LogP contribution in [0.15, 0.2) is 35.0 Å². The monoisotopic (exact) mass is 550 g/mol. The number of hydrogen-bond donors (Lipinski definition) is 1. The zero-order chi connectivity index (χ0) is 25.3. The van der Waals surface area contributed by atoms with E-state index >= 15 is 0 Å². The first-order chi connectivity index (χ1) is 17.3. The SMILES string of the molecule is CCCC1(C(=O)O)CCC2(CCN(C[C@H]3CN(Cc4ccc(Cl)cc4Cl)C[C@@H]3c3ccsc3)CC2)O1. The summed E-state index contributed by atoms with van der Waals surface area (Å²) < 4.78 is 6.43. The first-order valence-electron chi connectivity index (χ1n) is 13.2. The zero-order valence-corrected chi connectivity index (χ0v) is 23.3. The number of likely N-dealkylation sites (tertiary alicyclic amines) is 2. The van der Waals surface area contributed by atoms with E-state index < -0.39 is 11.6 Å². The van der Waals surface area contributed by atoms with E-state index in [2.05, 4.69) is 26.6 Å². The number of benzene rings is 1. The molecule has 0 amide bonds. The number of carbonyl (C=O) groups is 1. The molecule has 1 unspecified atom stereocenters. The number of ether oxygens (including phenoxy) is 1. The lowest BCUT2D eigenvalue weighted by molar-refractivity contribution is -0.180. The number of rotatable bonds is 8. The van der Waals surface area contributed by atoms with Crippen LogP contribution >= 0.6 is 34.5 Å². The van der Waals surface area contributed by atoms with Crippen molar-refractivity contribution in [3.8, 4) is 0 Å². The van der Waals surface area contributed by atoms with Crippen molar-refractivity contribution in [1.82, 2.24) is 9.80 Å². The molecule has 3 aliphatic heterocycles. The van der Waals surface area contributed by atoms with Crippen molar-refractivity contribution in [3.05, 3.63) is 56.2 Å². The fourth-order valence-electron chi connectivity index (χ4n) is 6.64. The van der Waals surface area contributed by atoms with E-state index in [1.807, 2.05) is 25.1 Å². The number of piperidine rings is 1. The molecule has 1 aromatic carbocycles. The first kappa shape index (κ1) is 26.5. The summed E-state index contributed by atoms with van der Waals surface area (Å²) in [6.45, 7) is 7.93. The van der Waals surface area contributed by atoms with Crippen molar-refractivity contribution in [1.29, 1.82) is 0 Å². The van der Waals surface area contributed by atoms with Gasteiger partial charge in [0.25, 0.3) is 0 Å². The zero-order valence-electron chi connectivity index (χ0n) is 20.9. The van der Waals surface area contributed by atoms with Crippen LogP contribution in [-0.4, -0.2) is 64.8 Å². The van der Waals surface area contributed by atoms with E-state index in [1.165, 1.54) is 5.56 Å². The molecular formula is C28H36Cl2N2O3S. The smallest absolute Gasteiger partial charge is 0.335 e. The van der Waals surface area contributed by atoms with Crippen LogP contribution in [0.4, 0.5) is 0 Å². The molecule has 196 valence electrons. The largest absolute Gasteiger partial charge is 0.479 e. The Labute approximate surface area is 228 Å². The fraction of sp³-hybridized carbons (Fsp3) is 0.607. The van der Waals surface area contributed by atoms with Crippen LogP contribution in [0.2, 0.25) is 10.0 Å². The van der Waals surface area contributed by atoms with Crippen molar-refractivity contribution in [2.75, 3.05) is 32.7 Å². The molecule has 2 aromatic rings. The van der Waals surface area contributed by atoms with E-state index in [9.17, 15) is 9.90 Å². The van der Waals surface area contributed by atoms with Gasteiger partial charge in [0.15, 0.2) is 5.60 Å². The van der Waals surface area contributed by atoms with Gasteiger partial charge in [-0.05, 0) is 78.1 Å². The third-order valence-corrected chi connectivity index (χ3v) is 9.89. The Kier molecular flexibility index (Phi) is 8.02. The minimum absolute atomic E-state index is 0.260. The van der Waals surface area contributed by atoms with Crippen molar-refractivity contribution in [2.45, 2.75) is 69.1 Å². The standard InChI is InChI=1S/C28H36Cl2N2O3S/c1-2-6-28(26(33)34)8-7-27(35-28)9-11-31(12-10-27)16-22-17-32(18-24(22)21-5-13-36-19-21)15-20-3-4-23(29)14-25(20)30/h3-5,13-14,19,22,24H,2,6-12,15-18H2,1H3,(H,33,34)/t22-,24+,28?/m0/s1. The molecule has 0 bridgehead atoms. The number of carboxylic acid groups (broad SMARTS) is 1. The van der Waals surface area contributed by atoms with Crippen LogP contribution in [0.5, 0.6) is 0 Å². The van der Waals surface area contributed by atoms with Gasteiger partial charge in [-0.1, -0.05) is 42.6 Å². The lowest BCUT2D eigenvalue weighted by Crippen LogP contribution is -2.49. The summed E-state index contributed by atoms with van der Waals surface area (Å²) in [4.78, 5) is 17.1. The quantitative estimate of drug-likeness (QED) is 0.404. The highest BCUT2D eigenvalue weighted by Gasteiger charge is 2.54. The van der Waals surface area contributed by atoms with Gasteiger partial charge in [-0.3, -0.25) is 4.90 Å². The highest BCUT2D eigenvalue weighted by molar-refractivity contribution is 7.08. The molecule has 1 N–H and O–H groups in total. The Morgan fingerprint density at radius 3 is 2.61 bits per heavy atom. The average Bonchev–Trinajstić information content (AvgIpc) is 3.58. The molecule has 1 aromatic heterocycles. The molecule has 0 saturated carbocycles. The number of nitrogens with zero attached hydrogens (tertiary/aromatic N) is 2. The molecule has 3 fully saturated rings. The van der Waals surface area contributed by atoms with Crippen molar-refractivity contribution < 1.29 is 14.6 Å². The predicted octanol–water partition coefficient (Wildman–Crippen LogP) is 6.54. The van der Waals surface area contributed by atoms with Gasteiger partial charge in [0.1, 0.15) is 0 Å². The summed E-state index contributed by atoms with van der Waals surface area (Å²) in [6, 6.07) is 8.06. The molecule has 0 aliphatic carbocycles. The lowest BCUT2D eigenvalue weighted by Gasteiger charge is -2.41. The fourth-order valence-corrected chi connectivity index (χ4v) is 7.83. The van der Waals surface area contributed by atoms with Crippen molar-refractivity contribution in [3.63, 3.8) is 0 Å². The molecule has 5 rings (SSSR count). The predicted molar refractivity (Wildman–Crippen MR) is 146 cm³/mol. The maximum absolute atomic E-state index is 12.0. The number of halogens is 2. The third kappa shape index (κ3) is 5.50. The van der Waals surface area contributed by atoms with Gasteiger partial charge in [0.2, 0.25) is 0 Å². The molecule has 1 spiro atoms. The average molecular weight is 552 g/mol. The summed E-state index contributed by atoms with van der Waals surface area (Å²) in [5.41, 5.74) is 1.32. The van der Waals surface area contributed by atoms with Gasteiger partial charge in [0.05, 0.1) is 5.60 Å². The lowest BCUT2D eigenvalue weighted by atomic mass is 9.85. The summed E-state index contributed by atoms with van der Waals surface area (Å²) in [5.74, 6) is 0.265. The maximum atomic E-state index is 12.0. The second-order valence-corrected chi connectivity index (χ2v) is 12.6. The Hall–Kier alpha value is -1.15. The first-order valence-corrected chi connectivity index (χ1v) is 14.9. The molecule has 4 heterocycles. The summed E-state index contributed by atoms with van der Waals surface area (Å²) in [6.07, 6.45) is 4.78. The number of hydrogen-bond acceptors (Lipinski definition) is 5. The normalized spacial score (nSPS) is 28.8. The summed E-state index contributed by atoms with van der Waals surface area (Å²) in [5, 5.41) is 15.8. The Bertz CT molecular complexity index is 1060. The highest BCUT2D eigenvalue weighted by Crippen LogP contribution is 2.46. The van der Waals surface area contributed by atoms with Crippen LogP contribution in [0, 0.1) is 5.92 Å². The number of carboxylic acids is 1. The summed E-state index contributed by atoms with van der Waals surface area (Å²) >= 11 is 14.4. The molecule has 3 aliphatic rings. The van der Waals surface area contributed by atoms with Gasteiger partial charge < -0.3 is 14.7 Å². The molecule has 8 heteroatoms. The third-order valence-electron chi connectivity index (χ3n) is 8.60. The van der Waals surface area contributed by atoms with Crippen LogP contribution in [0.3, 0.4) is 0 Å². The van der Waals surface area contributed by atoms with Gasteiger partial charge in [-0.2, -0.15) is 11.3 Å².